The Bertz CT molecular complexity index is 902. The molecule has 122 valence electrons. The summed E-state index contributed by atoms with van der Waals surface area (Å²) in [6.07, 6.45) is 1.69. The highest BCUT2D eigenvalue weighted by Crippen LogP contribution is 2.38. The largest absolute Gasteiger partial charge is 0.506 e. The number of benzene rings is 2. The van der Waals surface area contributed by atoms with Crippen LogP contribution in [0.4, 0.5) is 5.69 Å². The minimum Gasteiger partial charge on any atom is -0.506 e. The quantitative estimate of drug-likeness (QED) is 0.449. The summed E-state index contributed by atoms with van der Waals surface area (Å²) in [7, 11) is 0. The molecule has 0 spiro atoms. The molecule has 0 atom stereocenters. The molecule has 24 heavy (non-hydrogen) atoms. The lowest BCUT2D eigenvalue weighted by atomic mass is 10.2. The standard InChI is InChI=1S/C16H8BrCl2NO2S2/c17-10-3-2-9(7-11(10)18)20-15(22)14(24-16(20)23)6-8-1-4-13(21)12(19)5-8/h1-7,21H/b14-6+. The van der Waals surface area contributed by atoms with E-state index in [1.54, 1.807) is 36.4 Å². The van der Waals surface area contributed by atoms with Gasteiger partial charge in [0.2, 0.25) is 0 Å². The lowest BCUT2D eigenvalue weighted by molar-refractivity contribution is -0.113. The van der Waals surface area contributed by atoms with Gasteiger partial charge in [-0.05, 0) is 57.9 Å². The fraction of sp³-hybridized carbons (Fsp3) is 0. The normalized spacial score (nSPS) is 16.3. The Hall–Kier alpha value is -1.05. The van der Waals surface area contributed by atoms with Crippen LogP contribution in [-0.4, -0.2) is 15.3 Å². The van der Waals surface area contributed by atoms with Crippen LogP contribution >= 0.6 is 63.1 Å². The summed E-state index contributed by atoms with van der Waals surface area (Å²) in [5.41, 5.74) is 1.31. The maximum absolute atomic E-state index is 12.7. The number of rotatable bonds is 2. The van der Waals surface area contributed by atoms with Gasteiger partial charge in [-0.3, -0.25) is 9.69 Å². The van der Waals surface area contributed by atoms with Gasteiger partial charge in [0, 0.05) is 4.47 Å². The number of hydrogen-bond acceptors (Lipinski definition) is 4. The molecule has 0 aromatic heterocycles. The first-order chi connectivity index (χ1) is 11.4. The maximum Gasteiger partial charge on any atom is 0.270 e. The smallest absolute Gasteiger partial charge is 0.270 e. The summed E-state index contributed by atoms with van der Waals surface area (Å²) >= 11 is 21.8. The van der Waals surface area contributed by atoms with Crippen molar-refractivity contribution in [2.75, 3.05) is 4.90 Å². The van der Waals surface area contributed by atoms with Gasteiger partial charge in [-0.15, -0.1) is 0 Å². The van der Waals surface area contributed by atoms with Gasteiger partial charge < -0.3 is 5.11 Å². The molecule has 1 N–H and O–H groups in total. The Labute approximate surface area is 166 Å². The van der Waals surface area contributed by atoms with E-state index in [1.807, 2.05) is 0 Å². The van der Waals surface area contributed by atoms with E-state index in [1.165, 1.54) is 22.7 Å². The Kier molecular flexibility index (Phi) is 5.22. The second kappa shape index (κ2) is 7.06. The van der Waals surface area contributed by atoms with E-state index in [9.17, 15) is 9.90 Å². The molecule has 0 aliphatic carbocycles. The van der Waals surface area contributed by atoms with Crippen molar-refractivity contribution in [1.29, 1.82) is 0 Å². The number of anilines is 1. The molecule has 1 aliphatic heterocycles. The van der Waals surface area contributed by atoms with Crippen LogP contribution in [0.15, 0.2) is 45.8 Å². The molecule has 3 rings (SSSR count). The van der Waals surface area contributed by atoms with Crippen molar-refractivity contribution in [1.82, 2.24) is 0 Å². The predicted molar refractivity (Wildman–Crippen MR) is 108 cm³/mol. The molecular weight excluding hydrogens is 453 g/mol. The molecule has 8 heteroatoms. The van der Waals surface area contributed by atoms with Gasteiger partial charge in [-0.25, -0.2) is 0 Å². The Morgan fingerprint density at radius 1 is 1.17 bits per heavy atom. The topological polar surface area (TPSA) is 40.5 Å². The summed E-state index contributed by atoms with van der Waals surface area (Å²) in [5, 5.41) is 10.2. The van der Waals surface area contributed by atoms with Crippen molar-refractivity contribution in [2.24, 2.45) is 0 Å². The van der Waals surface area contributed by atoms with E-state index in [2.05, 4.69) is 15.9 Å². The van der Waals surface area contributed by atoms with Crippen LogP contribution in [0.3, 0.4) is 0 Å². The number of amides is 1. The molecular formula is C16H8BrCl2NO2S2. The highest BCUT2D eigenvalue weighted by molar-refractivity contribution is 9.10. The molecule has 1 amide bonds. The van der Waals surface area contributed by atoms with Gasteiger partial charge in [0.25, 0.3) is 5.91 Å². The summed E-state index contributed by atoms with van der Waals surface area (Å²) < 4.78 is 1.17. The summed E-state index contributed by atoms with van der Waals surface area (Å²) in [6.45, 7) is 0. The van der Waals surface area contributed by atoms with Crippen molar-refractivity contribution in [3.05, 3.63) is 61.4 Å². The molecule has 0 unspecified atom stereocenters. The van der Waals surface area contributed by atoms with Gasteiger partial charge in [-0.1, -0.05) is 53.2 Å². The Balaban J connectivity index is 1.94. The third kappa shape index (κ3) is 3.48. The monoisotopic (exact) mass is 459 g/mol. The summed E-state index contributed by atoms with van der Waals surface area (Å²) in [5.74, 6) is -0.238. The fourth-order valence-corrected chi connectivity index (χ4v) is 3.99. The number of thiocarbonyl (C=S) groups is 1. The van der Waals surface area contributed by atoms with Gasteiger partial charge >= 0.3 is 0 Å². The summed E-state index contributed by atoms with van der Waals surface area (Å²) in [6, 6.07) is 9.94. The van der Waals surface area contributed by atoms with Gasteiger partial charge in [-0.2, -0.15) is 0 Å². The molecule has 0 bridgehead atoms. The number of phenols is 1. The number of carbonyl (C=O) groups excluding carboxylic acids is 1. The summed E-state index contributed by atoms with van der Waals surface area (Å²) in [4.78, 5) is 14.6. The van der Waals surface area contributed by atoms with Gasteiger partial charge in [0.05, 0.1) is 20.6 Å². The number of nitrogens with zero attached hydrogens (tertiary/aromatic N) is 1. The van der Waals surface area contributed by atoms with Crippen molar-refractivity contribution in [3.63, 3.8) is 0 Å². The van der Waals surface area contributed by atoms with Gasteiger partial charge in [0.15, 0.2) is 4.32 Å². The molecule has 1 heterocycles. The molecule has 0 radical (unpaired) electrons. The van der Waals surface area contributed by atoms with Crippen LogP contribution in [-0.2, 0) is 4.79 Å². The highest BCUT2D eigenvalue weighted by Gasteiger charge is 2.33. The lowest BCUT2D eigenvalue weighted by Gasteiger charge is -2.15. The highest BCUT2D eigenvalue weighted by atomic mass is 79.9. The fourth-order valence-electron chi connectivity index (χ4n) is 2.08. The first-order valence-electron chi connectivity index (χ1n) is 6.58. The Morgan fingerprint density at radius 3 is 2.58 bits per heavy atom. The molecule has 2 aromatic rings. The second-order valence-corrected chi connectivity index (χ2v) is 8.17. The van der Waals surface area contributed by atoms with Crippen LogP contribution in [0.5, 0.6) is 5.75 Å². The number of thioether (sulfide) groups is 1. The van der Waals surface area contributed by atoms with Crippen LogP contribution in [0.2, 0.25) is 10.0 Å². The molecule has 1 fully saturated rings. The zero-order valence-corrected chi connectivity index (χ0v) is 16.5. The minimum atomic E-state index is -0.229. The molecule has 1 saturated heterocycles. The lowest BCUT2D eigenvalue weighted by Crippen LogP contribution is -2.27. The number of hydrogen-bond donors (Lipinski definition) is 1. The van der Waals surface area contributed by atoms with E-state index in [0.717, 1.165) is 4.47 Å². The van der Waals surface area contributed by atoms with Crippen molar-refractivity contribution < 1.29 is 9.90 Å². The zero-order chi connectivity index (χ0) is 17.4. The van der Waals surface area contributed by atoms with E-state index in [-0.39, 0.29) is 16.7 Å². The van der Waals surface area contributed by atoms with Gasteiger partial charge in [0.1, 0.15) is 5.75 Å². The second-order valence-electron chi connectivity index (χ2n) is 4.83. The van der Waals surface area contributed by atoms with Crippen molar-refractivity contribution in [3.8, 4) is 5.75 Å². The average molecular weight is 461 g/mol. The SMILES string of the molecule is O=C1/C(=C\c2ccc(O)c(Cl)c2)SC(=S)N1c1ccc(Br)c(Cl)c1. The van der Waals surface area contributed by atoms with Crippen LogP contribution in [0.25, 0.3) is 6.08 Å². The van der Waals surface area contributed by atoms with Crippen LogP contribution in [0, 0.1) is 0 Å². The third-order valence-corrected chi connectivity index (χ3v) is 6.06. The van der Waals surface area contributed by atoms with E-state index in [4.69, 9.17) is 35.4 Å². The number of phenolic OH excluding ortho intramolecular Hbond substituents is 1. The molecule has 0 saturated carbocycles. The maximum atomic E-state index is 12.7. The van der Waals surface area contributed by atoms with Crippen LogP contribution < -0.4 is 4.90 Å². The van der Waals surface area contributed by atoms with Crippen molar-refractivity contribution in [2.45, 2.75) is 0 Å². The predicted octanol–water partition coefficient (Wildman–Crippen LogP) is 5.87. The zero-order valence-electron chi connectivity index (χ0n) is 11.8. The molecule has 2 aromatic carbocycles. The first-order valence-corrected chi connectivity index (χ1v) is 9.35. The third-order valence-electron chi connectivity index (χ3n) is 3.22. The van der Waals surface area contributed by atoms with E-state index >= 15 is 0 Å². The van der Waals surface area contributed by atoms with Crippen LogP contribution in [0.1, 0.15) is 5.56 Å². The number of aromatic hydroxyl groups is 1. The molecule has 1 aliphatic rings. The van der Waals surface area contributed by atoms with E-state index in [0.29, 0.717) is 25.5 Å². The van der Waals surface area contributed by atoms with Crippen molar-refractivity contribution >= 4 is 85.1 Å². The minimum absolute atomic E-state index is 0.00845. The number of halogens is 3. The average Bonchev–Trinajstić information content (AvgIpc) is 2.80. The number of carbonyl (C=O) groups is 1. The first kappa shape index (κ1) is 17.8. The van der Waals surface area contributed by atoms with E-state index < -0.39 is 0 Å². The molecule has 3 nitrogen and oxygen atoms in total. The Morgan fingerprint density at radius 2 is 1.92 bits per heavy atom.